The molecule has 2 aromatic rings. The predicted molar refractivity (Wildman–Crippen MR) is 105 cm³/mol. The molecule has 0 saturated carbocycles. The lowest BCUT2D eigenvalue weighted by Crippen LogP contribution is -2.54. The van der Waals surface area contributed by atoms with Gasteiger partial charge in [-0.3, -0.25) is 25.2 Å². The molecule has 1 atom stereocenters. The van der Waals surface area contributed by atoms with Gasteiger partial charge in [-0.05, 0) is 35.7 Å². The fourth-order valence-corrected chi connectivity index (χ4v) is 2.63. The van der Waals surface area contributed by atoms with Gasteiger partial charge in [0.1, 0.15) is 17.6 Å². The van der Waals surface area contributed by atoms with Crippen LogP contribution < -0.4 is 20.9 Å². The molecular weight excluding hydrogens is 377 g/mol. The third kappa shape index (κ3) is 6.31. The first kappa shape index (κ1) is 21.9. The van der Waals surface area contributed by atoms with Gasteiger partial charge in [0, 0.05) is 0 Å². The third-order valence-electron chi connectivity index (χ3n) is 4.19. The van der Waals surface area contributed by atoms with Crippen LogP contribution >= 0.6 is 0 Å². The van der Waals surface area contributed by atoms with Crippen molar-refractivity contribution in [3.8, 4) is 5.75 Å². The SMILES string of the molecule is COc1ccccc1C(=O)N[C@H](C(=O)NNC(=O)Cc1ccc(F)cc1)C(C)C. The first-order valence-corrected chi connectivity index (χ1v) is 9.08. The number of ether oxygens (including phenoxy) is 1. The number of halogens is 1. The van der Waals surface area contributed by atoms with E-state index in [1.165, 1.54) is 31.4 Å². The minimum atomic E-state index is -0.876. The molecule has 0 aliphatic heterocycles. The van der Waals surface area contributed by atoms with E-state index in [4.69, 9.17) is 4.74 Å². The average molecular weight is 401 g/mol. The number of rotatable bonds is 7. The highest BCUT2D eigenvalue weighted by Crippen LogP contribution is 2.17. The summed E-state index contributed by atoms with van der Waals surface area (Å²) in [5.74, 6) is -1.73. The Morgan fingerprint density at radius 2 is 1.66 bits per heavy atom. The molecule has 0 fully saturated rings. The van der Waals surface area contributed by atoms with Crippen molar-refractivity contribution in [2.75, 3.05) is 7.11 Å². The summed E-state index contributed by atoms with van der Waals surface area (Å²) in [5.41, 5.74) is 5.53. The molecule has 0 heterocycles. The van der Waals surface area contributed by atoms with E-state index in [1.54, 1.807) is 38.1 Å². The van der Waals surface area contributed by atoms with Crippen LogP contribution in [0.1, 0.15) is 29.8 Å². The van der Waals surface area contributed by atoms with Crippen LogP contribution in [-0.2, 0) is 16.0 Å². The van der Waals surface area contributed by atoms with E-state index >= 15 is 0 Å². The van der Waals surface area contributed by atoms with Gasteiger partial charge in [0.2, 0.25) is 5.91 Å². The number of carbonyl (C=O) groups is 3. The number of nitrogens with one attached hydrogen (secondary N) is 3. The Bertz CT molecular complexity index is 868. The summed E-state index contributed by atoms with van der Waals surface area (Å²) in [5, 5.41) is 2.66. The number of para-hydroxylation sites is 1. The van der Waals surface area contributed by atoms with Gasteiger partial charge in [-0.1, -0.05) is 38.1 Å². The molecule has 2 aromatic carbocycles. The van der Waals surface area contributed by atoms with E-state index in [1.807, 2.05) is 0 Å². The first-order chi connectivity index (χ1) is 13.8. The molecule has 154 valence electrons. The molecule has 0 saturated heterocycles. The molecule has 0 spiro atoms. The second-order valence-electron chi connectivity index (χ2n) is 6.74. The van der Waals surface area contributed by atoms with Crippen LogP contribution in [0.4, 0.5) is 4.39 Å². The van der Waals surface area contributed by atoms with Gasteiger partial charge in [0.15, 0.2) is 0 Å². The highest BCUT2D eigenvalue weighted by molar-refractivity contribution is 5.99. The summed E-state index contributed by atoms with van der Waals surface area (Å²) < 4.78 is 18.1. The van der Waals surface area contributed by atoms with Crippen molar-refractivity contribution >= 4 is 17.7 Å². The van der Waals surface area contributed by atoms with E-state index in [-0.39, 0.29) is 12.3 Å². The van der Waals surface area contributed by atoms with Crippen LogP contribution in [0.2, 0.25) is 0 Å². The van der Waals surface area contributed by atoms with Gasteiger partial charge >= 0.3 is 0 Å². The van der Waals surface area contributed by atoms with Crippen molar-refractivity contribution in [3.63, 3.8) is 0 Å². The molecule has 0 aromatic heterocycles. The number of hydrogen-bond donors (Lipinski definition) is 3. The van der Waals surface area contributed by atoms with Crippen molar-refractivity contribution in [1.29, 1.82) is 0 Å². The summed E-state index contributed by atoms with van der Waals surface area (Å²) in [6.07, 6.45) is -0.0273. The number of benzene rings is 2. The molecule has 7 nitrogen and oxygen atoms in total. The molecule has 3 N–H and O–H groups in total. The molecule has 0 aliphatic rings. The van der Waals surface area contributed by atoms with Crippen molar-refractivity contribution in [1.82, 2.24) is 16.2 Å². The van der Waals surface area contributed by atoms with E-state index in [2.05, 4.69) is 16.2 Å². The van der Waals surface area contributed by atoms with Crippen LogP contribution in [0.25, 0.3) is 0 Å². The molecule has 3 amide bonds. The zero-order valence-corrected chi connectivity index (χ0v) is 16.5. The van der Waals surface area contributed by atoms with Crippen molar-refractivity contribution in [2.45, 2.75) is 26.3 Å². The highest BCUT2D eigenvalue weighted by atomic mass is 19.1. The number of hydrogen-bond acceptors (Lipinski definition) is 4. The molecule has 0 unspecified atom stereocenters. The first-order valence-electron chi connectivity index (χ1n) is 9.08. The lowest BCUT2D eigenvalue weighted by molar-refractivity contribution is -0.130. The third-order valence-corrected chi connectivity index (χ3v) is 4.19. The second-order valence-corrected chi connectivity index (χ2v) is 6.74. The van der Waals surface area contributed by atoms with Gasteiger partial charge in [-0.2, -0.15) is 0 Å². The average Bonchev–Trinajstić information content (AvgIpc) is 2.71. The zero-order chi connectivity index (χ0) is 21.4. The van der Waals surface area contributed by atoms with Gasteiger partial charge in [-0.25, -0.2) is 4.39 Å². The van der Waals surface area contributed by atoms with E-state index in [0.717, 1.165) is 0 Å². The Hall–Kier alpha value is -3.42. The molecule has 2 rings (SSSR count). The zero-order valence-electron chi connectivity index (χ0n) is 16.5. The molecule has 29 heavy (non-hydrogen) atoms. The number of amides is 3. The quantitative estimate of drug-likeness (QED) is 0.618. The summed E-state index contributed by atoms with van der Waals surface area (Å²) >= 11 is 0. The van der Waals surface area contributed by atoms with Crippen molar-refractivity contribution in [3.05, 3.63) is 65.5 Å². The standard InChI is InChI=1S/C21H24FN3O4/c1-13(2)19(23-20(27)16-6-4-5-7-17(16)29-3)21(28)25-24-18(26)12-14-8-10-15(22)11-9-14/h4-11,13,19H,12H2,1-3H3,(H,23,27)(H,24,26)(H,25,28)/t19-/m0/s1. The summed E-state index contributed by atoms with van der Waals surface area (Å²) in [4.78, 5) is 37.0. The fraction of sp³-hybridized carbons (Fsp3) is 0.286. The minimum absolute atomic E-state index is 0.0273. The monoisotopic (exact) mass is 401 g/mol. The van der Waals surface area contributed by atoms with E-state index in [9.17, 15) is 18.8 Å². The highest BCUT2D eigenvalue weighted by Gasteiger charge is 2.26. The van der Waals surface area contributed by atoms with Crippen LogP contribution in [0.15, 0.2) is 48.5 Å². The largest absolute Gasteiger partial charge is 0.496 e. The number of methoxy groups -OCH3 is 1. The lowest BCUT2D eigenvalue weighted by Gasteiger charge is -2.22. The lowest BCUT2D eigenvalue weighted by atomic mass is 10.0. The Morgan fingerprint density at radius 1 is 1.00 bits per heavy atom. The second kappa shape index (κ2) is 10.2. The van der Waals surface area contributed by atoms with Gasteiger partial charge in [0.05, 0.1) is 19.1 Å². The van der Waals surface area contributed by atoms with Crippen LogP contribution in [-0.4, -0.2) is 30.9 Å². The Morgan fingerprint density at radius 3 is 2.28 bits per heavy atom. The van der Waals surface area contributed by atoms with Crippen LogP contribution in [0, 0.1) is 11.7 Å². The van der Waals surface area contributed by atoms with Crippen molar-refractivity contribution in [2.24, 2.45) is 5.92 Å². The van der Waals surface area contributed by atoms with Crippen LogP contribution in [0.5, 0.6) is 5.75 Å². The maximum absolute atomic E-state index is 12.9. The van der Waals surface area contributed by atoms with E-state index < -0.39 is 29.6 Å². The smallest absolute Gasteiger partial charge is 0.261 e. The Labute approximate surface area is 168 Å². The molecule has 0 radical (unpaired) electrons. The predicted octanol–water partition coefficient (Wildman–Crippen LogP) is 1.98. The number of carbonyl (C=O) groups excluding carboxylic acids is 3. The summed E-state index contributed by atoms with van der Waals surface area (Å²) in [6.45, 7) is 3.54. The van der Waals surface area contributed by atoms with Crippen LogP contribution in [0.3, 0.4) is 0 Å². The summed E-state index contributed by atoms with van der Waals surface area (Å²) in [7, 11) is 1.45. The Kier molecular flexibility index (Phi) is 7.70. The topological polar surface area (TPSA) is 96.5 Å². The molecular formula is C21H24FN3O4. The van der Waals surface area contributed by atoms with Crippen molar-refractivity contribution < 1.29 is 23.5 Å². The minimum Gasteiger partial charge on any atom is -0.496 e. The molecule has 8 heteroatoms. The normalized spacial score (nSPS) is 11.5. The van der Waals surface area contributed by atoms with Gasteiger partial charge in [0.25, 0.3) is 11.8 Å². The molecule has 0 bridgehead atoms. The fourth-order valence-electron chi connectivity index (χ4n) is 2.63. The van der Waals surface area contributed by atoms with Gasteiger partial charge < -0.3 is 10.1 Å². The summed E-state index contributed by atoms with van der Waals surface area (Å²) in [6, 6.07) is 11.3. The molecule has 0 aliphatic carbocycles. The maximum Gasteiger partial charge on any atom is 0.261 e. The maximum atomic E-state index is 12.9. The van der Waals surface area contributed by atoms with Gasteiger partial charge in [-0.15, -0.1) is 0 Å². The van der Waals surface area contributed by atoms with E-state index in [0.29, 0.717) is 16.9 Å². The Balaban J connectivity index is 1.95. The number of hydrazine groups is 1.